The van der Waals surface area contributed by atoms with Crippen molar-refractivity contribution in [1.82, 2.24) is 5.32 Å². The molecule has 1 fully saturated rings. The molecule has 1 unspecified atom stereocenters. The fourth-order valence-corrected chi connectivity index (χ4v) is 2.40. The van der Waals surface area contributed by atoms with Gasteiger partial charge in [-0.1, -0.05) is 32.9 Å². The van der Waals surface area contributed by atoms with Gasteiger partial charge in [0, 0.05) is 0 Å². The molecule has 3 heteroatoms. The normalized spacial score (nSPS) is 18.1. The summed E-state index contributed by atoms with van der Waals surface area (Å²) in [4.78, 5) is 0. The van der Waals surface area contributed by atoms with Gasteiger partial charge < -0.3 is 4.74 Å². The molecule has 108 valence electrons. The highest BCUT2D eigenvalue weighted by atomic mass is 16.5. The second-order valence-electron chi connectivity index (χ2n) is 6.67. The van der Waals surface area contributed by atoms with Crippen LogP contribution in [0.3, 0.4) is 0 Å². The molecule has 1 aliphatic carbocycles. The molecule has 2 rings (SSSR count). The largest absolute Gasteiger partial charge is 0.491 e. The molecular weight excluding hydrogens is 248 g/mol. The number of nitrogens with one attached hydrogen (secondary N) is 1. The highest BCUT2D eigenvalue weighted by molar-refractivity contribution is 5.33. The maximum absolute atomic E-state index is 9.46. The van der Waals surface area contributed by atoms with Crippen molar-refractivity contribution in [3.8, 4) is 11.8 Å². The number of benzene rings is 1. The third-order valence-corrected chi connectivity index (χ3v) is 4.09. The van der Waals surface area contributed by atoms with Crippen LogP contribution in [0, 0.1) is 17.2 Å². The third-order valence-electron chi connectivity index (χ3n) is 4.09. The molecule has 1 saturated carbocycles. The molecule has 0 aliphatic heterocycles. The van der Waals surface area contributed by atoms with Crippen molar-refractivity contribution < 1.29 is 4.74 Å². The van der Waals surface area contributed by atoms with Gasteiger partial charge in [0.2, 0.25) is 0 Å². The van der Waals surface area contributed by atoms with Crippen LogP contribution >= 0.6 is 0 Å². The lowest BCUT2D eigenvalue weighted by molar-refractivity contribution is 0.210. The summed E-state index contributed by atoms with van der Waals surface area (Å²) in [5.74, 6) is 1.26. The zero-order chi connectivity index (χ0) is 14.8. The summed E-state index contributed by atoms with van der Waals surface area (Å²) >= 11 is 0. The second kappa shape index (κ2) is 5.46. The van der Waals surface area contributed by atoms with Crippen LogP contribution < -0.4 is 10.1 Å². The van der Waals surface area contributed by atoms with Crippen molar-refractivity contribution in [2.24, 2.45) is 5.92 Å². The number of rotatable bonds is 5. The van der Waals surface area contributed by atoms with Gasteiger partial charge in [0.05, 0.1) is 6.07 Å². The minimum atomic E-state index is -0.544. The molecule has 0 aromatic heterocycles. The molecule has 20 heavy (non-hydrogen) atoms. The van der Waals surface area contributed by atoms with Crippen LogP contribution in [0.2, 0.25) is 0 Å². The van der Waals surface area contributed by atoms with Gasteiger partial charge in [-0.25, -0.2) is 0 Å². The lowest BCUT2D eigenvalue weighted by atomic mass is 9.87. The minimum Gasteiger partial charge on any atom is -0.491 e. The summed E-state index contributed by atoms with van der Waals surface area (Å²) in [6, 6.07) is 10.6. The molecule has 1 aliphatic rings. The Balaban J connectivity index is 2.09. The summed E-state index contributed by atoms with van der Waals surface area (Å²) < 4.78 is 5.91. The lowest BCUT2D eigenvalue weighted by Gasteiger charge is -2.26. The molecule has 1 aromatic rings. The van der Waals surface area contributed by atoms with Gasteiger partial charge in [-0.3, -0.25) is 5.32 Å². The number of hydrogen-bond donors (Lipinski definition) is 1. The number of nitrogens with zero attached hydrogens (tertiary/aromatic N) is 1. The number of ether oxygens (including phenoxy) is 1. The van der Waals surface area contributed by atoms with Crippen LogP contribution in [0.4, 0.5) is 0 Å². The average molecular weight is 272 g/mol. The van der Waals surface area contributed by atoms with Gasteiger partial charge in [0.15, 0.2) is 0 Å². The number of nitriles is 1. The summed E-state index contributed by atoms with van der Waals surface area (Å²) in [6.45, 7) is 6.95. The van der Waals surface area contributed by atoms with Gasteiger partial charge in [-0.05, 0) is 48.9 Å². The van der Waals surface area contributed by atoms with Crippen molar-refractivity contribution in [3.05, 3.63) is 29.8 Å². The van der Waals surface area contributed by atoms with Gasteiger partial charge in [-0.15, -0.1) is 0 Å². The Morgan fingerprint density at radius 3 is 2.55 bits per heavy atom. The standard InChI is InChI=1S/C17H24N2O/c1-16(2,3)14-6-5-7-15(10-14)20-12-17(11-18,19-4)13-8-9-13/h5-7,10,13,19H,8-9,12H2,1-4H3. The van der Waals surface area contributed by atoms with Crippen LogP contribution in [0.1, 0.15) is 39.2 Å². The summed E-state index contributed by atoms with van der Waals surface area (Å²) in [5, 5.41) is 12.6. The highest BCUT2D eigenvalue weighted by Crippen LogP contribution is 2.39. The SMILES string of the molecule is CNC(C#N)(COc1cccc(C(C)(C)C)c1)C1CC1. The van der Waals surface area contributed by atoms with Crippen LogP contribution in [-0.4, -0.2) is 19.2 Å². The van der Waals surface area contributed by atoms with E-state index in [1.54, 1.807) is 0 Å². The lowest BCUT2D eigenvalue weighted by Crippen LogP contribution is -2.49. The molecule has 3 nitrogen and oxygen atoms in total. The quantitative estimate of drug-likeness (QED) is 0.895. The number of likely N-dealkylation sites (N-methyl/N-ethyl adjacent to an activating group) is 1. The van der Waals surface area contributed by atoms with Crippen molar-refractivity contribution in [2.75, 3.05) is 13.7 Å². The third kappa shape index (κ3) is 3.13. The Morgan fingerprint density at radius 2 is 2.05 bits per heavy atom. The molecule has 0 bridgehead atoms. The Hall–Kier alpha value is -1.53. The maximum atomic E-state index is 9.46. The van der Waals surface area contributed by atoms with Crippen molar-refractivity contribution in [3.63, 3.8) is 0 Å². The van der Waals surface area contributed by atoms with E-state index < -0.39 is 5.54 Å². The maximum Gasteiger partial charge on any atom is 0.143 e. The zero-order valence-electron chi connectivity index (χ0n) is 12.9. The molecule has 1 N–H and O–H groups in total. The first kappa shape index (κ1) is 14.9. The molecule has 0 heterocycles. The topological polar surface area (TPSA) is 45.0 Å². The smallest absolute Gasteiger partial charge is 0.143 e. The van der Waals surface area contributed by atoms with Gasteiger partial charge in [0.25, 0.3) is 0 Å². The Kier molecular flexibility index (Phi) is 4.06. The van der Waals surface area contributed by atoms with Crippen LogP contribution in [-0.2, 0) is 5.41 Å². The second-order valence-corrected chi connectivity index (χ2v) is 6.67. The molecule has 0 saturated heterocycles. The monoisotopic (exact) mass is 272 g/mol. The van der Waals surface area contributed by atoms with E-state index in [1.807, 2.05) is 19.2 Å². The molecule has 0 radical (unpaired) electrons. The summed E-state index contributed by atoms with van der Waals surface area (Å²) in [5.41, 5.74) is 0.802. The van der Waals surface area contributed by atoms with E-state index in [2.05, 4.69) is 44.3 Å². The van der Waals surface area contributed by atoms with Crippen molar-refractivity contribution in [2.45, 2.75) is 44.6 Å². The fraction of sp³-hybridized carbons (Fsp3) is 0.588. The van der Waals surface area contributed by atoms with E-state index in [9.17, 15) is 5.26 Å². The fourth-order valence-electron chi connectivity index (χ4n) is 2.40. The average Bonchev–Trinajstić information content (AvgIpc) is 3.25. The van der Waals surface area contributed by atoms with Gasteiger partial charge in [-0.2, -0.15) is 5.26 Å². The minimum absolute atomic E-state index is 0.102. The first-order chi connectivity index (χ1) is 9.41. The van der Waals surface area contributed by atoms with Crippen LogP contribution in [0.15, 0.2) is 24.3 Å². The molecule has 1 atom stereocenters. The van der Waals surface area contributed by atoms with Crippen molar-refractivity contribution >= 4 is 0 Å². The van der Waals surface area contributed by atoms with E-state index >= 15 is 0 Å². The number of hydrogen-bond acceptors (Lipinski definition) is 3. The zero-order valence-corrected chi connectivity index (χ0v) is 12.9. The first-order valence-electron chi connectivity index (χ1n) is 7.25. The van der Waals surface area contributed by atoms with E-state index in [0.717, 1.165) is 18.6 Å². The van der Waals surface area contributed by atoms with Crippen molar-refractivity contribution in [1.29, 1.82) is 5.26 Å². The summed E-state index contributed by atoms with van der Waals surface area (Å²) in [7, 11) is 1.84. The predicted molar refractivity (Wildman–Crippen MR) is 80.8 cm³/mol. The van der Waals surface area contributed by atoms with Gasteiger partial charge in [0.1, 0.15) is 17.9 Å². The van der Waals surface area contributed by atoms with Crippen LogP contribution in [0.5, 0.6) is 5.75 Å². The molecule has 1 aromatic carbocycles. The Morgan fingerprint density at radius 1 is 1.35 bits per heavy atom. The Bertz CT molecular complexity index is 508. The van der Waals surface area contributed by atoms with E-state index in [1.165, 1.54) is 5.56 Å². The Labute approximate surface area is 121 Å². The predicted octanol–water partition coefficient (Wildman–Crippen LogP) is 3.25. The van der Waals surface area contributed by atoms with E-state index in [0.29, 0.717) is 12.5 Å². The molecule has 0 amide bonds. The molecule has 0 spiro atoms. The van der Waals surface area contributed by atoms with E-state index in [-0.39, 0.29) is 5.41 Å². The van der Waals surface area contributed by atoms with Gasteiger partial charge >= 0.3 is 0 Å². The highest BCUT2D eigenvalue weighted by Gasteiger charge is 2.45. The van der Waals surface area contributed by atoms with Crippen LogP contribution in [0.25, 0.3) is 0 Å². The molecular formula is C17H24N2O. The van der Waals surface area contributed by atoms with E-state index in [4.69, 9.17) is 4.74 Å². The first-order valence-corrected chi connectivity index (χ1v) is 7.25. The summed E-state index contributed by atoms with van der Waals surface area (Å²) in [6.07, 6.45) is 2.22.